The van der Waals surface area contributed by atoms with E-state index in [2.05, 4.69) is 4.98 Å². The van der Waals surface area contributed by atoms with Crippen LogP contribution in [0.2, 0.25) is 0 Å². The maximum atomic E-state index is 12.4. The molecule has 0 saturated heterocycles. The molecule has 18 heavy (non-hydrogen) atoms. The summed E-state index contributed by atoms with van der Waals surface area (Å²) < 4.78 is 37.1. The molecule has 2 rings (SSSR count). The van der Waals surface area contributed by atoms with Crippen LogP contribution in [0.15, 0.2) is 18.3 Å². The van der Waals surface area contributed by atoms with Gasteiger partial charge in [-0.15, -0.1) is 0 Å². The highest BCUT2D eigenvalue weighted by molar-refractivity contribution is 5.39. The molecule has 0 atom stereocenters. The second-order valence-corrected chi connectivity index (χ2v) is 4.88. The van der Waals surface area contributed by atoms with Crippen molar-refractivity contribution in [2.45, 2.75) is 25.1 Å². The van der Waals surface area contributed by atoms with Gasteiger partial charge in [0.05, 0.1) is 5.56 Å². The third-order valence-electron chi connectivity index (χ3n) is 3.27. The van der Waals surface area contributed by atoms with Gasteiger partial charge in [-0.2, -0.15) is 13.2 Å². The van der Waals surface area contributed by atoms with Gasteiger partial charge < -0.3 is 10.6 Å². The Labute approximate surface area is 104 Å². The third-order valence-corrected chi connectivity index (χ3v) is 3.27. The molecule has 0 unspecified atom stereocenters. The molecule has 0 spiro atoms. The van der Waals surface area contributed by atoms with Crippen LogP contribution in [0, 0.1) is 5.92 Å². The highest BCUT2D eigenvalue weighted by Gasteiger charge is 2.31. The summed E-state index contributed by atoms with van der Waals surface area (Å²) in [6.07, 6.45) is -1.50. The smallest absolute Gasteiger partial charge is 0.359 e. The van der Waals surface area contributed by atoms with Crippen molar-refractivity contribution in [3.05, 3.63) is 23.9 Å². The third kappa shape index (κ3) is 2.93. The summed E-state index contributed by atoms with van der Waals surface area (Å²) >= 11 is 0. The molecule has 0 radical (unpaired) electrons. The molecule has 0 aliphatic heterocycles. The van der Waals surface area contributed by atoms with Crippen molar-refractivity contribution in [3.63, 3.8) is 0 Å². The fourth-order valence-corrected chi connectivity index (χ4v) is 2.20. The quantitative estimate of drug-likeness (QED) is 0.905. The monoisotopic (exact) mass is 259 g/mol. The van der Waals surface area contributed by atoms with E-state index < -0.39 is 11.7 Å². The normalized spacial score (nSPS) is 23.6. The number of aromatic nitrogens is 1. The number of hydrogen-bond acceptors (Lipinski definition) is 3. The molecule has 6 heteroatoms. The fourth-order valence-electron chi connectivity index (χ4n) is 2.20. The summed E-state index contributed by atoms with van der Waals surface area (Å²) in [5.74, 6) is 1.08. The predicted molar refractivity (Wildman–Crippen MR) is 63.2 cm³/mol. The Hall–Kier alpha value is -1.30. The van der Waals surface area contributed by atoms with Crippen LogP contribution in [0.3, 0.4) is 0 Å². The minimum Gasteiger partial charge on any atom is -0.359 e. The van der Waals surface area contributed by atoms with Gasteiger partial charge in [-0.05, 0) is 30.9 Å². The summed E-state index contributed by atoms with van der Waals surface area (Å²) in [7, 11) is 1.83. The van der Waals surface area contributed by atoms with Gasteiger partial charge in [-0.3, -0.25) is 0 Å². The molecule has 0 bridgehead atoms. The Morgan fingerprint density at radius 1 is 1.39 bits per heavy atom. The van der Waals surface area contributed by atoms with E-state index in [9.17, 15) is 13.2 Å². The van der Waals surface area contributed by atoms with Crippen molar-refractivity contribution in [1.82, 2.24) is 4.98 Å². The first-order chi connectivity index (χ1) is 8.36. The summed E-state index contributed by atoms with van der Waals surface area (Å²) in [5.41, 5.74) is 4.97. The molecule has 1 saturated carbocycles. The van der Waals surface area contributed by atoms with Crippen LogP contribution in [0.5, 0.6) is 0 Å². The summed E-state index contributed by atoms with van der Waals surface area (Å²) in [6, 6.07) is 2.75. The molecule has 2 N–H and O–H groups in total. The van der Waals surface area contributed by atoms with Gasteiger partial charge in [0.15, 0.2) is 0 Å². The van der Waals surface area contributed by atoms with Crippen LogP contribution in [-0.2, 0) is 6.18 Å². The number of nitrogens with two attached hydrogens (primary N) is 1. The van der Waals surface area contributed by atoms with Gasteiger partial charge >= 0.3 is 6.18 Å². The topological polar surface area (TPSA) is 42.1 Å². The molecule has 1 heterocycles. The first kappa shape index (κ1) is 13.1. The molecule has 1 fully saturated rings. The average Bonchev–Trinajstić information content (AvgIpc) is 2.26. The number of anilines is 1. The lowest BCUT2D eigenvalue weighted by Crippen LogP contribution is -2.42. The lowest BCUT2D eigenvalue weighted by atomic mass is 9.80. The molecule has 0 aromatic carbocycles. The summed E-state index contributed by atoms with van der Waals surface area (Å²) in [5, 5.41) is 0. The summed E-state index contributed by atoms with van der Waals surface area (Å²) in [4.78, 5) is 5.72. The minimum atomic E-state index is -4.33. The number of hydrogen-bond donors (Lipinski definition) is 1. The van der Waals surface area contributed by atoms with Crippen LogP contribution in [-0.4, -0.2) is 24.6 Å². The largest absolute Gasteiger partial charge is 0.417 e. The Balaban J connectivity index is 1.96. The molecule has 100 valence electrons. The highest BCUT2D eigenvalue weighted by Crippen LogP contribution is 2.30. The van der Waals surface area contributed by atoms with E-state index in [-0.39, 0.29) is 6.04 Å². The molecular weight excluding hydrogens is 243 g/mol. The van der Waals surface area contributed by atoms with E-state index in [0.717, 1.165) is 31.6 Å². The van der Waals surface area contributed by atoms with Gasteiger partial charge in [0.1, 0.15) is 5.82 Å². The number of halogens is 3. The Morgan fingerprint density at radius 2 is 2.06 bits per heavy atom. The van der Waals surface area contributed by atoms with E-state index in [0.29, 0.717) is 11.7 Å². The van der Waals surface area contributed by atoms with Crippen LogP contribution in [0.1, 0.15) is 18.4 Å². The highest BCUT2D eigenvalue weighted by atomic mass is 19.4. The molecular formula is C12H16F3N3. The van der Waals surface area contributed by atoms with Crippen LogP contribution in [0.25, 0.3) is 0 Å². The Bertz CT molecular complexity index is 396. The van der Waals surface area contributed by atoms with Crippen LogP contribution < -0.4 is 10.6 Å². The van der Waals surface area contributed by atoms with Crippen molar-refractivity contribution < 1.29 is 13.2 Å². The zero-order chi connectivity index (χ0) is 13.3. The van der Waals surface area contributed by atoms with E-state index >= 15 is 0 Å². The molecule has 1 aliphatic carbocycles. The van der Waals surface area contributed by atoms with E-state index in [1.807, 2.05) is 11.9 Å². The first-order valence-corrected chi connectivity index (χ1v) is 5.86. The van der Waals surface area contributed by atoms with Gasteiger partial charge in [0.25, 0.3) is 0 Å². The predicted octanol–water partition coefficient (Wildman–Crippen LogP) is 2.27. The first-order valence-electron chi connectivity index (χ1n) is 5.86. The Morgan fingerprint density at radius 3 is 2.50 bits per heavy atom. The van der Waals surface area contributed by atoms with Crippen molar-refractivity contribution in [3.8, 4) is 0 Å². The Kier molecular flexibility index (Phi) is 3.47. The molecule has 0 amide bonds. The second-order valence-electron chi connectivity index (χ2n) is 4.88. The second kappa shape index (κ2) is 4.76. The van der Waals surface area contributed by atoms with Crippen molar-refractivity contribution >= 4 is 5.82 Å². The maximum Gasteiger partial charge on any atom is 0.417 e. The SMILES string of the molecule is CN(CC1CC(N)C1)c1ccc(C(F)(F)F)cn1. The zero-order valence-electron chi connectivity index (χ0n) is 10.1. The lowest BCUT2D eigenvalue weighted by Gasteiger charge is -2.35. The lowest BCUT2D eigenvalue weighted by molar-refractivity contribution is -0.137. The molecule has 1 aromatic heterocycles. The van der Waals surface area contributed by atoms with E-state index in [1.54, 1.807) is 0 Å². The van der Waals surface area contributed by atoms with Crippen LogP contribution >= 0.6 is 0 Å². The van der Waals surface area contributed by atoms with Gasteiger partial charge in [-0.25, -0.2) is 4.98 Å². The summed E-state index contributed by atoms with van der Waals surface area (Å²) in [6.45, 7) is 0.784. The van der Waals surface area contributed by atoms with Gasteiger partial charge in [0, 0.05) is 25.8 Å². The minimum absolute atomic E-state index is 0.281. The van der Waals surface area contributed by atoms with Crippen molar-refractivity contribution in [1.29, 1.82) is 0 Å². The molecule has 1 aliphatic rings. The van der Waals surface area contributed by atoms with Crippen molar-refractivity contribution in [2.75, 3.05) is 18.5 Å². The number of nitrogens with zero attached hydrogens (tertiary/aromatic N) is 2. The van der Waals surface area contributed by atoms with Crippen LogP contribution in [0.4, 0.5) is 19.0 Å². The maximum absolute atomic E-state index is 12.4. The molecule has 3 nitrogen and oxygen atoms in total. The molecule has 1 aromatic rings. The van der Waals surface area contributed by atoms with Gasteiger partial charge in [0.2, 0.25) is 0 Å². The van der Waals surface area contributed by atoms with Crippen molar-refractivity contribution in [2.24, 2.45) is 11.7 Å². The standard InChI is InChI=1S/C12H16F3N3/c1-18(7-8-4-10(16)5-8)11-3-2-9(6-17-11)12(13,14)15/h2-3,6,8,10H,4-5,7,16H2,1H3. The number of rotatable bonds is 3. The van der Waals surface area contributed by atoms with Gasteiger partial charge in [-0.1, -0.05) is 0 Å². The number of alkyl halides is 3. The van der Waals surface area contributed by atoms with E-state index in [1.165, 1.54) is 6.07 Å². The van der Waals surface area contributed by atoms with E-state index in [4.69, 9.17) is 5.73 Å². The average molecular weight is 259 g/mol. The number of pyridine rings is 1. The zero-order valence-corrected chi connectivity index (χ0v) is 10.1. The fraction of sp³-hybridized carbons (Fsp3) is 0.583.